The third-order valence-electron chi connectivity index (χ3n) is 5.20. The van der Waals surface area contributed by atoms with Crippen molar-refractivity contribution >= 4 is 16.1 Å². The number of halogens is 4. The molecule has 0 unspecified atom stereocenters. The van der Waals surface area contributed by atoms with E-state index in [0.29, 0.717) is 6.07 Å². The van der Waals surface area contributed by atoms with Crippen molar-refractivity contribution in [2.24, 2.45) is 0 Å². The molecule has 1 amide bonds. The third kappa shape index (κ3) is 4.99. The average molecular weight is 460 g/mol. The molecule has 0 aliphatic carbocycles. The minimum absolute atomic E-state index is 0.0479. The van der Waals surface area contributed by atoms with Gasteiger partial charge in [-0.1, -0.05) is 18.2 Å². The zero-order chi connectivity index (χ0) is 22.9. The SMILES string of the molecule is CCS(=O)(=O)N[C@H]1[C@@H](F)CN(C(=O)O)[C@H]1Cc1cccc(-c2cc(F)cc(F)c2)c1F. The number of sulfonamides is 1. The van der Waals surface area contributed by atoms with E-state index in [1.807, 2.05) is 0 Å². The lowest BCUT2D eigenvalue weighted by atomic mass is 9.95. The predicted octanol–water partition coefficient (Wildman–Crippen LogP) is 3.32. The van der Waals surface area contributed by atoms with Crippen LogP contribution in [0.2, 0.25) is 0 Å². The molecule has 1 aliphatic rings. The number of nitrogens with zero attached hydrogens (tertiary/aromatic N) is 1. The highest BCUT2D eigenvalue weighted by Gasteiger charge is 2.46. The molecule has 0 spiro atoms. The predicted molar refractivity (Wildman–Crippen MR) is 105 cm³/mol. The van der Waals surface area contributed by atoms with E-state index in [0.717, 1.165) is 17.0 Å². The molecule has 1 aliphatic heterocycles. The van der Waals surface area contributed by atoms with Gasteiger partial charge in [-0.3, -0.25) is 0 Å². The van der Waals surface area contributed by atoms with Crippen LogP contribution in [-0.2, 0) is 16.4 Å². The molecule has 1 fully saturated rings. The number of nitrogens with one attached hydrogen (secondary N) is 1. The summed E-state index contributed by atoms with van der Waals surface area (Å²) < 4.78 is 82.9. The standard InChI is InChI=1S/C20H20F4N2O4S/c1-2-31(29,30)25-19-16(23)10-26(20(27)28)17(19)8-11-4-3-5-15(18(11)24)12-6-13(21)9-14(22)7-12/h3-7,9,16-17,19,25H,2,8,10H2,1H3,(H,27,28)/t16-,17-,19-/m0/s1. The minimum atomic E-state index is -3.87. The maximum Gasteiger partial charge on any atom is 0.407 e. The molecule has 0 saturated carbocycles. The van der Waals surface area contributed by atoms with Gasteiger partial charge in [0.2, 0.25) is 10.0 Å². The number of benzene rings is 2. The first-order valence-corrected chi connectivity index (χ1v) is 11.0. The minimum Gasteiger partial charge on any atom is -0.465 e. The van der Waals surface area contributed by atoms with Gasteiger partial charge in [0.1, 0.15) is 23.6 Å². The van der Waals surface area contributed by atoms with Crippen molar-refractivity contribution in [2.45, 2.75) is 31.6 Å². The lowest BCUT2D eigenvalue weighted by molar-refractivity contribution is 0.136. The molecule has 0 radical (unpaired) electrons. The number of carboxylic acid groups (broad SMARTS) is 1. The van der Waals surface area contributed by atoms with Crippen LogP contribution in [0.15, 0.2) is 36.4 Å². The van der Waals surface area contributed by atoms with Gasteiger partial charge in [-0.2, -0.15) is 0 Å². The van der Waals surface area contributed by atoms with Gasteiger partial charge in [0.25, 0.3) is 0 Å². The number of alkyl halides is 1. The Balaban J connectivity index is 1.99. The van der Waals surface area contributed by atoms with Gasteiger partial charge in [-0.25, -0.2) is 35.5 Å². The number of rotatable bonds is 6. The molecule has 0 aromatic heterocycles. The van der Waals surface area contributed by atoms with Crippen molar-refractivity contribution in [1.29, 1.82) is 0 Å². The summed E-state index contributed by atoms with van der Waals surface area (Å²) in [7, 11) is -3.87. The zero-order valence-corrected chi connectivity index (χ0v) is 17.2. The molecule has 3 rings (SSSR count). The largest absolute Gasteiger partial charge is 0.465 e. The lowest BCUT2D eigenvalue weighted by Gasteiger charge is -2.26. The second-order valence-electron chi connectivity index (χ2n) is 7.21. The Morgan fingerprint density at radius 3 is 2.42 bits per heavy atom. The summed E-state index contributed by atoms with van der Waals surface area (Å²) >= 11 is 0. The van der Waals surface area contributed by atoms with Gasteiger partial charge in [0, 0.05) is 11.6 Å². The Hall–Kier alpha value is -2.66. The number of hydrogen-bond donors (Lipinski definition) is 2. The molecule has 2 N–H and O–H groups in total. The first-order chi connectivity index (χ1) is 14.5. The number of carbonyl (C=O) groups is 1. The molecule has 2 aromatic rings. The van der Waals surface area contributed by atoms with Gasteiger partial charge in [-0.15, -0.1) is 0 Å². The van der Waals surface area contributed by atoms with E-state index in [9.17, 15) is 31.5 Å². The fraction of sp³-hybridized carbons (Fsp3) is 0.350. The Labute approximate surface area is 176 Å². The molecule has 11 heteroatoms. The molecular formula is C20H20F4N2O4S. The van der Waals surface area contributed by atoms with Crippen LogP contribution in [0.25, 0.3) is 11.1 Å². The van der Waals surface area contributed by atoms with Gasteiger partial charge in [-0.05, 0) is 36.6 Å². The summed E-state index contributed by atoms with van der Waals surface area (Å²) in [5, 5.41) is 9.42. The van der Waals surface area contributed by atoms with Gasteiger partial charge >= 0.3 is 6.09 Å². The van der Waals surface area contributed by atoms with E-state index < -0.39 is 58.4 Å². The van der Waals surface area contributed by atoms with E-state index in [1.54, 1.807) is 0 Å². The van der Waals surface area contributed by atoms with Crippen molar-refractivity contribution in [1.82, 2.24) is 9.62 Å². The molecule has 6 nitrogen and oxygen atoms in total. The van der Waals surface area contributed by atoms with Crippen LogP contribution >= 0.6 is 0 Å². The molecule has 3 atom stereocenters. The van der Waals surface area contributed by atoms with Crippen molar-refractivity contribution in [3.05, 3.63) is 59.4 Å². The highest BCUT2D eigenvalue weighted by atomic mass is 32.2. The van der Waals surface area contributed by atoms with Crippen molar-refractivity contribution in [3.63, 3.8) is 0 Å². The fourth-order valence-electron chi connectivity index (χ4n) is 3.67. The van der Waals surface area contributed by atoms with Crippen LogP contribution in [0.4, 0.5) is 22.4 Å². The Kier molecular flexibility index (Phi) is 6.56. The van der Waals surface area contributed by atoms with E-state index in [1.165, 1.54) is 25.1 Å². The van der Waals surface area contributed by atoms with Crippen LogP contribution in [0.3, 0.4) is 0 Å². The number of likely N-dealkylation sites (tertiary alicyclic amines) is 1. The van der Waals surface area contributed by atoms with Crippen LogP contribution in [0, 0.1) is 17.5 Å². The summed E-state index contributed by atoms with van der Waals surface area (Å²) in [6.45, 7) is 0.767. The third-order valence-corrected chi connectivity index (χ3v) is 6.59. The number of amides is 1. The van der Waals surface area contributed by atoms with E-state index in [-0.39, 0.29) is 28.9 Å². The van der Waals surface area contributed by atoms with Gasteiger partial charge < -0.3 is 10.0 Å². The van der Waals surface area contributed by atoms with Crippen LogP contribution < -0.4 is 4.72 Å². The summed E-state index contributed by atoms with van der Waals surface area (Å²) in [4.78, 5) is 12.3. The van der Waals surface area contributed by atoms with E-state index >= 15 is 4.39 Å². The second-order valence-corrected chi connectivity index (χ2v) is 9.25. The van der Waals surface area contributed by atoms with Crippen LogP contribution in [0.1, 0.15) is 12.5 Å². The van der Waals surface area contributed by atoms with Crippen LogP contribution in [-0.4, -0.2) is 55.1 Å². The maximum atomic E-state index is 15.2. The molecule has 2 aromatic carbocycles. The van der Waals surface area contributed by atoms with Crippen molar-refractivity contribution < 1.29 is 35.9 Å². The Bertz CT molecular complexity index is 1080. The first-order valence-electron chi connectivity index (χ1n) is 9.40. The summed E-state index contributed by atoms with van der Waals surface area (Å²) in [6, 6.07) is 3.94. The molecule has 1 saturated heterocycles. The average Bonchev–Trinajstić information content (AvgIpc) is 2.98. The number of hydrogen-bond acceptors (Lipinski definition) is 3. The molecule has 168 valence electrons. The Morgan fingerprint density at radius 1 is 1.19 bits per heavy atom. The molecular weight excluding hydrogens is 440 g/mol. The Morgan fingerprint density at radius 2 is 1.84 bits per heavy atom. The highest BCUT2D eigenvalue weighted by molar-refractivity contribution is 7.89. The second kappa shape index (κ2) is 8.83. The fourth-order valence-corrected chi connectivity index (χ4v) is 4.55. The van der Waals surface area contributed by atoms with E-state index in [2.05, 4.69) is 4.72 Å². The topological polar surface area (TPSA) is 86.7 Å². The van der Waals surface area contributed by atoms with Crippen molar-refractivity contribution in [3.8, 4) is 11.1 Å². The van der Waals surface area contributed by atoms with Gasteiger partial charge in [0.05, 0.1) is 24.4 Å². The molecule has 31 heavy (non-hydrogen) atoms. The molecule has 0 bridgehead atoms. The van der Waals surface area contributed by atoms with Crippen LogP contribution in [0.5, 0.6) is 0 Å². The van der Waals surface area contributed by atoms with Crippen molar-refractivity contribution in [2.75, 3.05) is 12.3 Å². The lowest BCUT2D eigenvalue weighted by Crippen LogP contribution is -2.50. The summed E-state index contributed by atoms with van der Waals surface area (Å²) in [5.41, 5.74) is -0.239. The first kappa shape index (κ1) is 23.0. The highest BCUT2D eigenvalue weighted by Crippen LogP contribution is 2.30. The summed E-state index contributed by atoms with van der Waals surface area (Å²) in [6.07, 6.45) is -3.65. The molecule has 1 heterocycles. The monoisotopic (exact) mass is 460 g/mol. The smallest absolute Gasteiger partial charge is 0.407 e. The van der Waals surface area contributed by atoms with E-state index in [4.69, 9.17) is 0 Å². The summed E-state index contributed by atoms with van der Waals surface area (Å²) in [5.74, 6) is -3.01. The van der Waals surface area contributed by atoms with Gasteiger partial charge in [0.15, 0.2) is 0 Å². The quantitative estimate of drug-likeness (QED) is 0.648. The zero-order valence-electron chi connectivity index (χ0n) is 16.4. The maximum absolute atomic E-state index is 15.2. The normalized spacial score (nSPS) is 21.5.